The van der Waals surface area contributed by atoms with Crippen molar-refractivity contribution in [1.82, 2.24) is 20.9 Å². The summed E-state index contributed by atoms with van der Waals surface area (Å²) in [6, 6.07) is -0.00727. The van der Waals surface area contributed by atoms with Crippen LogP contribution in [0, 0.1) is 0 Å². The lowest BCUT2D eigenvalue weighted by Crippen LogP contribution is -2.43. The number of nitrogens with one attached hydrogen (secondary N) is 3. The number of amides is 2. The van der Waals surface area contributed by atoms with E-state index in [4.69, 9.17) is 0 Å². The molecule has 0 saturated carbocycles. The van der Waals surface area contributed by atoms with Crippen LogP contribution in [0.4, 0.5) is 0 Å². The zero-order valence-electron chi connectivity index (χ0n) is 13.6. The molecule has 0 radical (unpaired) electrons. The first kappa shape index (κ1) is 16.5. The zero-order valence-corrected chi connectivity index (χ0v) is 13.6. The summed E-state index contributed by atoms with van der Waals surface area (Å²) in [4.78, 5) is 25.2. The Morgan fingerprint density at radius 3 is 2.95 bits per heavy atom. The van der Waals surface area contributed by atoms with Crippen molar-refractivity contribution in [1.29, 1.82) is 0 Å². The van der Waals surface area contributed by atoms with Gasteiger partial charge in [-0.1, -0.05) is 0 Å². The number of hydrogen-bond donors (Lipinski definition) is 3. The molecule has 22 heavy (non-hydrogen) atoms. The molecule has 1 saturated heterocycles. The first-order chi connectivity index (χ1) is 10.4. The molecule has 0 aromatic carbocycles. The summed E-state index contributed by atoms with van der Waals surface area (Å²) in [5.41, 5.74) is 1.46. The number of carbonyl (C=O) groups excluding carboxylic acids is 2. The summed E-state index contributed by atoms with van der Waals surface area (Å²) < 4.78 is 0. The molecule has 6 nitrogen and oxygen atoms in total. The van der Waals surface area contributed by atoms with Gasteiger partial charge in [-0.2, -0.15) is 0 Å². The van der Waals surface area contributed by atoms with Crippen molar-refractivity contribution < 1.29 is 9.59 Å². The highest BCUT2D eigenvalue weighted by Crippen LogP contribution is 2.27. The van der Waals surface area contributed by atoms with E-state index in [9.17, 15) is 9.59 Å². The van der Waals surface area contributed by atoms with Crippen molar-refractivity contribution in [2.24, 2.45) is 0 Å². The van der Waals surface area contributed by atoms with E-state index in [0.717, 1.165) is 13.1 Å². The monoisotopic (exact) mass is 306 g/mol. The van der Waals surface area contributed by atoms with E-state index in [1.54, 1.807) is 12.3 Å². The molecule has 0 spiro atoms. The minimum atomic E-state index is -0.124. The summed E-state index contributed by atoms with van der Waals surface area (Å²) in [6.45, 7) is 8.99. The quantitative estimate of drug-likeness (QED) is 0.624. The average molecular weight is 306 g/mol. The molecule has 1 fully saturated rings. The van der Waals surface area contributed by atoms with Crippen LogP contribution in [0.3, 0.4) is 0 Å². The third-order valence-corrected chi connectivity index (χ3v) is 4.49. The van der Waals surface area contributed by atoms with Crippen molar-refractivity contribution in [2.75, 3.05) is 19.6 Å². The van der Waals surface area contributed by atoms with E-state index in [1.807, 2.05) is 6.92 Å². The molecule has 1 atom stereocenters. The van der Waals surface area contributed by atoms with Crippen molar-refractivity contribution in [2.45, 2.75) is 45.2 Å². The van der Waals surface area contributed by atoms with Crippen LogP contribution in [-0.4, -0.2) is 48.4 Å². The van der Waals surface area contributed by atoms with Crippen LogP contribution in [-0.2, 0) is 9.59 Å². The number of nitrogens with zero attached hydrogens (tertiary/aromatic N) is 1. The molecule has 2 heterocycles. The molecule has 0 aliphatic carbocycles. The van der Waals surface area contributed by atoms with Gasteiger partial charge in [0.15, 0.2) is 0 Å². The highest BCUT2D eigenvalue weighted by atomic mass is 16.1. The molecular formula is C16H26N4O2. The molecule has 0 bridgehead atoms. The van der Waals surface area contributed by atoms with E-state index in [-0.39, 0.29) is 17.5 Å². The maximum absolute atomic E-state index is 12.2. The van der Waals surface area contributed by atoms with Gasteiger partial charge in [0.1, 0.15) is 0 Å². The van der Waals surface area contributed by atoms with Gasteiger partial charge in [0.2, 0.25) is 6.41 Å². The molecular weight excluding hydrogens is 280 g/mol. The summed E-state index contributed by atoms with van der Waals surface area (Å²) in [7, 11) is 0. The summed E-state index contributed by atoms with van der Waals surface area (Å²) >= 11 is 0. The van der Waals surface area contributed by atoms with Gasteiger partial charge in [0, 0.05) is 30.5 Å². The van der Waals surface area contributed by atoms with Crippen LogP contribution >= 0.6 is 0 Å². The smallest absolute Gasteiger partial charge is 0.252 e. The van der Waals surface area contributed by atoms with E-state index >= 15 is 0 Å². The third kappa shape index (κ3) is 3.88. The second-order valence-electron chi connectivity index (χ2n) is 6.51. The molecule has 2 aliphatic heterocycles. The summed E-state index contributed by atoms with van der Waals surface area (Å²) in [6.07, 6.45) is 6.45. The Labute approximate surface area is 132 Å². The van der Waals surface area contributed by atoms with Gasteiger partial charge in [-0.25, -0.2) is 0 Å². The lowest BCUT2D eigenvalue weighted by molar-refractivity contribution is -0.117. The Morgan fingerprint density at radius 2 is 2.32 bits per heavy atom. The molecule has 122 valence electrons. The number of dihydropyridines is 1. The van der Waals surface area contributed by atoms with Crippen LogP contribution in [0.5, 0.6) is 0 Å². The molecule has 1 unspecified atom stereocenters. The fraction of sp³-hybridized carbons (Fsp3) is 0.625. The van der Waals surface area contributed by atoms with Gasteiger partial charge in [0.25, 0.3) is 5.91 Å². The third-order valence-electron chi connectivity index (χ3n) is 4.49. The predicted molar refractivity (Wildman–Crippen MR) is 85.9 cm³/mol. The second kappa shape index (κ2) is 6.96. The molecule has 0 aromatic heterocycles. The fourth-order valence-corrected chi connectivity index (χ4v) is 2.99. The number of hydrogen-bond acceptors (Lipinski definition) is 4. The Bertz CT molecular complexity index is 496. The normalized spacial score (nSPS) is 24.0. The van der Waals surface area contributed by atoms with Gasteiger partial charge in [-0.05, 0) is 46.2 Å². The molecule has 2 aliphatic rings. The molecule has 0 aromatic rings. The van der Waals surface area contributed by atoms with Crippen molar-refractivity contribution in [3.63, 3.8) is 0 Å². The molecule has 2 amide bonds. The van der Waals surface area contributed by atoms with Gasteiger partial charge in [0.05, 0.1) is 11.6 Å². The van der Waals surface area contributed by atoms with Crippen LogP contribution in [0.2, 0.25) is 0 Å². The van der Waals surface area contributed by atoms with E-state index < -0.39 is 0 Å². The predicted octanol–water partition coefficient (Wildman–Crippen LogP) is 0.483. The van der Waals surface area contributed by atoms with Gasteiger partial charge >= 0.3 is 0 Å². The van der Waals surface area contributed by atoms with Gasteiger partial charge in [-0.3, -0.25) is 14.5 Å². The lowest BCUT2D eigenvalue weighted by Gasteiger charge is -2.31. The summed E-state index contributed by atoms with van der Waals surface area (Å²) in [5, 5.41) is 8.63. The van der Waals surface area contributed by atoms with Gasteiger partial charge < -0.3 is 16.0 Å². The maximum atomic E-state index is 12.2. The lowest BCUT2D eigenvalue weighted by atomic mass is 10.0. The number of likely N-dealkylation sites (tertiary alicyclic amines) is 1. The topological polar surface area (TPSA) is 73.5 Å². The Hall–Kier alpha value is -1.82. The van der Waals surface area contributed by atoms with Crippen molar-refractivity contribution in [3.8, 4) is 0 Å². The highest BCUT2D eigenvalue weighted by molar-refractivity contribution is 5.96. The zero-order chi connectivity index (χ0) is 16.2. The summed E-state index contributed by atoms with van der Waals surface area (Å²) in [5.74, 6) is -0.124. The van der Waals surface area contributed by atoms with Crippen molar-refractivity contribution >= 4 is 12.3 Å². The largest absolute Gasteiger partial charge is 0.382 e. The van der Waals surface area contributed by atoms with Crippen LogP contribution < -0.4 is 16.0 Å². The molecule has 6 heteroatoms. The SMILES string of the molecule is CC1NC=C(C(=O)NCCN2CCCC2(C)C)C=C1NC=O. The Morgan fingerprint density at radius 1 is 1.55 bits per heavy atom. The minimum Gasteiger partial charge on any atom is -0.382 e. The highest BCUT2D eigenvalue weighted by Gasteiger charge is 2.31. The Balaban J connectivity index is 1.84. The van der Waals surface area contributed by atoms with Crippen LogP contribution in [0.25, 0.3) is 0 Å². The van der Waals surface area contributed by atoms with Crippen LogP contribution in [0.15, 0.2) is 23.5 Å². The van der Waals surface area contributed by atoms with Gasteiger partial charge in [-0.15, -0.1) is 0 Å². The average Bonchev–Trinajstić information content (AvgIpc) is 2.80. The van der Waals surface area contributed by atoms with E-state index in [2.05, 4.69) is 34.7 Å². The second-order valence-corrected chi connectivity index (χ2v) is 6.51. The fourth-order valence-electron chi connectivity index (χ4n) is 2.99. The molecule has 3 N–H and O–H groups in total. The maximum Gasteiger partial charge on any atom is 0.252 e. The first-order valence-electron chi connectivity index (χ1n) is 7.85. The first-order valence-corrected chi connectivity index (χ1v) is 7.85. The standard InChI is InChI=1S/C16H26N4O2/c1-12-14(19-11-21)9-13(10-18-12)15(22)17-6-8-20-7-4-5-16(20,2)3/h9-12,18H,4-8H2,1-3H3,(H,17,22)(H,19,21). The van der Waals surface area contributed by atoms with Crippen LogP contribution in [0.1, 0.15) is 33.6 Å². The number of rotatable bonds is 6. The van der Waals surface area contributed by atoms with E-state index in [1.165, 1.54) is 12.8 Å². The number of carbonyl (C=O) groups is 2. The molecule has 2 rings (SSSR count). The van der Waals surface area contributed by atoms with Crippen molar-refractivity contribution in [3.05, 3.63) is 23.5 Å². The minimum absolute atomic E-state index is 0.00727. The Kier molecular flexibility index (Phi) is 5.24. The van der Waals surface area contributed by atoms with E-state index in [0.29, 0.717) is 24.2 Å².